The van der Waals surface area contributed by atoms with Gasteiger partial charge in [-0.2, -0.15) is 0 Å². The summed E-state index contributed by atoms with van der Waals surface area (Å²) in [6.07, 6.45) is 2.43. The van der Waals surface area contributed by atoms with E-state index in [1.165, 1.54) is 18.9 Å². The van der Waals surface area contributed by atoms with Gasteiger partial charge in [-0.25, -0.2) is 4.39 Å². The van der Waals surface area contributed by atoms with Gasteiger partial charge < -0.3 is 10.2 Å². The lowest BCUT2D eigenvalue weighted by atomic mass is 9.99. The van der Waals surface area contributed by atoms with Gasteiger partial charge in [-0.15, -0.1) is 0 Å². The fourth-order valence-electron chi connectivity index (χ4n) is 2.57. The van der Waals surface area contributed by atoms with Crippen molar-refractivity contribution >= 4 is 5.69 Å². The highest BCUT2D eigenvalue weighted by molar-refractivity contribution is 5.46. The lowest BCUT2D eigenvalue weighted by molar-refractivity contribution is 0.413. The van der Waals surface area contributed by atoms with Gasteiger partial charge in [0.2, 0.25) is 0 Å². The van der Waals surface area contributed by atoms with Crippen LogP contribution in [-0.2, 0) is 0 Å². The number of rotatable bonds is 4. The van der Waals surface area contributed by atoms with Crippen molar-refractivity contribution in [3.63, 3.8) is 0 Å². The Hall–Kier alpha value is -1.09. The predicted molar refractivity (Wildman–Crippen MR) is 69.9 cm³/mol. The van der Waals surface area contributed by atoms with Crippen LogP contribution in [0.25, 0.3) is 0 Å². The van der Waals surface area contributed by atoms with Gasteiger partial charge >= 0.3 is 0 Å². The molecule has 0 spiro atoms. The van der Waals surface area contributed by atoms with Crippen molar-refractivity contribution in [3.8, 4) is 0 Å². The average molecular weight is 236 g/mol. The van der Waals surface area contributed by atoms with E-state index in [1.54, 1.807) is 12.1 Å². The summed E-state index contributed by atoms with van der Waals surface area (Å²) in [5.41, 5.74) is 1.14. The van der Waals surface area contributed by atoms with Crippen molar-refractivity contribution in [1.82, 2.24) is 5.32 Å². The van der Waals surface area contributed by atoms with E-state index in [9.17, 15) is 4.39 Å². The normalized spacial score (nSPS) is 23.9. The first-order valence-corrected chi connectivity index (χ1v) is 6.38. The van der Waals surface area contributed by atoms with Gasteiger partial charge in [0.15, 0.2) is 0 Å². The van der Waals surface area contributed by atoms with Crippen LogP contribution < -0.4 is 10.2 Å². The minimum Gasteiger partial charge on any atom is -0.370 e. The molecule has 2 rings (SSSR count). The monoisotopic (exact) mass is 236 g/mol. The van der Waals surface area contributed by atoms with Crippen LogP contribution in [0.2, 0.25) is 0 Å². The van der Waals surface area contributed by atoms with Crippen molar-refractivity contribution in [2.24, 2.45) is 0 Å². The molecule has 17 heavy (non-hydrogen) atoms. The topological polar surface area (TPSA) is 15.3 Å². The van der Waals surface area contributed by atoms with E-state index in [-0.39, 0.29) is 11.4 Å². The first kappa shape index (κ1) is 12.4. The number of nitrogens with one attached hydrogen (secondary N) is 1. The lowest BCUT2D eigenvalue weighted by Crippen LogP contribution is -2.47. The van der Waals surface area contributed by atoms with Crippen LogP contribution in [0.1, 0.15) is 26.7 Å². The summed E-state index contributed by atoms with van der Waals surface area (Å²) in [7, 11) is 0. The molecule has 0 bridgehead atoms. The third-order valence-corrected chi connectivity index (χ3v) is 3.55. The van der Waals surface area contributed by atoms with Crippen LogP contribution in [0.3, 0.4) is 0 Å². The molecular weight excluding hydrogens is 215 g/mol. The highest BCUT2D eigenvalue weighted by Gasteiger charge is 2.29. The Morgan fingerprint density at radius 2 is 2.29 bits per heavy atom. The fourth-order valence-corrected chi connectivity index (χ4v) is 2.57. The summed E-state index contributed by atoms with van der Waals surface area (Å²) in [4.78, 5) is 2.24. The number of hydrogen-bond donors (Lipinski definition) is 1. The van der Waals surface area contributed by atoms with Gasteiger partial charge in [0.05, 0.1) is 0 Å². The van der Waals surface area contributed by atoms with Crippen molar-refractivity contribution in [1.29, 1.82) is 0 Å². The predicted octanol–water partition coefficient (Wildman–Crippen LogP) is 2.79. The molecule has 1 atom stereocenters. The molecule has 0 aliphatic carbocycles. The van der Waals surface area contributed by atoms with Gasteiger partial charge in [0, 0.05) is 24.3 Å². The minimum absolute atomic E-state index is 0.162. The van der Waals surface area contributed by atoms with Crippen molar-refractivity contribution < 1.29 is 4.39 Å². The number of benzene rings is 1. The third-order valence-electron chi connectivity index (χ3n) is 3.55. The van der Waals surface area contributed by atoms with Crippen LogP contribution >= 0.6 is 0 Å². The summed E-state index contributed by atoms with van der Waals surface area (Å²) in [6, 6.07) is 6.86. The Kier molecular flexibility index (Phi) is 3.67. The number of anilines is 1. The third kappa shape index (κ3) is 2.97. The maximum absolute atomic E-state index is 13.2. The van der Waals surface area contributed by atoms with E-state index in [1.807, 2.05) is 6.07 Å². The molecule has 0 amide bonds. The number of halogens is 1. The SMILES string of the molecule is CCN(CC1(C)CCCN1)c1cccc(F)c1. The first-order valence-electron chi connectivity index (χ1n) is 6.38. The standard InChI is InChI=1S/C14H21FN2/c1-3-17(11-14(2)8-5-9-16-14)13-7-4-6-12(15)10-13/h4,6-7,10,16H,3,5,8-9,11H2,1-2H3. The van der Waals surface area contributed by atoms with E-state index in [0.29, 0.717) is 0 Å². The van der Waals surface area contributed by atoms with Crippen LogP contribution in [0, 0.1) is 5.82 Å². The van der Waals surface area contributed by atoms with E-state index in [2.05, 4.69) is 24.1 Å². The molecule has 1 aromatic rings. The van der Waals surface area contributed by atoms with E-state index in [4.69, 9.17) is 0 Å². The zero-order valence-corrected chi connectivity index (χ0v) is 10.7. The Labute approximate surface area is 103 Å². The van der Waals surface area contributed by atoms with Gasteiger partial charge in [-0.1, -0.05) is 6.07 Å². The Balaban J connectivity index is 2.11. The summed E-state index contributed by atoms with van der Waals surface area (Å²) >= 11 is 0. The van der Waals surface area contributed by atoms with Crippen LogP contribution in [0.5, 0.6) is 0 Å². The number of hydrogen-bond acceptors (Lipinski definition) is 2. The molecule has 1 fully saturated rings. The zero-order chi connectivity index (χ0) is 12.3. The molecule has 1 aliphatic heterocycles. The molecule has 1 aliphatic rings. The molecule has 94 valence electrons. The van der Waals surface area contributed by atoms with Crippen LogP contribution in [0.4, 0.5) is 10.1 Å². The smallest absolute Gasteiger partial charge is 0.125 e. The Morgan fingerprint density at radius 3 is 2.88 bits per heavy atom. The molecule has 0 radical (unpaired) electrons. The second kappa shape index (κ2) is 5.05. The quantitative estimate of drug-likeness (QED) is 0.864. The largest absolute Gasteiger partial charge is 0.370 e. The van der Waals surface area contributed by atoms with E-state index in [0.717, 1.165) is 25.3 Å². The molecule has 1 unspecified atom stereocenters. The molecule has 1 saturated heterocycles. The Bertz CT molecular complexity index is 372. The highest BCUT2D eigenvalue weighted by atomic mass is 19.1. The van der Waals surface area contributed by atoms with E-state index >= 15 is 0 Å². The van der Waals surface area contributed by atoms with Crippen LogP contribution in [0.15, 0.2) is 24.3 Å². The van der Waals surface area contributed by atoms with Crippen molar-refractivity contribution in [2.45, 2.75) is 32.2 Å². The van der Waals surface area contributed by atoms with E-state index < -0.39 is 0 Å². The summed E-state index contributed by atoms with van der Waals surface area (Å²) in [6.45, 7) is 7.30. The zero-order valence-electron chi connectivity index (χ0n) is 10.7. The van der Waals surface area contributed by atoms with Gasteiger partial charge in [-0.05, 0) is 51.4 Å². The highest BCUT2D eigenvalue weighted by Crippen LogP contribution is 2.23. The molecule has 1 heterocycles. The minimum atomic E-state index is -0.162. The van der Waals surface area contributed by atoms with Gasteiger partial charge in [0.25, 0.3) is 0 Å². The molecular formula is C14H21FN2. The average Bonchev–Trinajstić information content (AvgIpc) is 2.73. The second-order valence-electron chi connectivity index (χ2n) is 5.09. The van der Waals surface area contributed by atoms with Gasteiger partial charge in [-0.3, -0.25) is 0 Å². The number of nitrogens with zero attached hydrogens (tertiary/aromatic N) is 1. The first-order chi connectivity index (χ1) is 8.13. The van der Waals surface area contributed by atoms with Crippen molar-refractivity contribution in [3.05, 3.63) is 30.1 Å². The summed E-state index contributed by atoms with van der Waals surface area (Å²) in [5.74, 6) is -0.162. The van der Waals surface area contributed by atoms with Gasteiger partial charge in [0.1, 0.15) is 5.82 Å². The fraction of sp³-hybridized carbons (Fsp3) is 0.571. The van der Waals surface area contributed by atoms with Crippen LogP contribution in [-0.4, -0.2) is 25.2 Å². The maximum Gasteiger partial charge on any atom is 0.125 e. The lowest BCUT2D eigenvalue weighted by Gasteiger charge is -2.33. The molecule has 1 aromatic carbocycles. The summed E-state index contributed by atoms with van der Waals surface area (Å²) < 4.78 is 13.2. The molecule has 2 nitrogen and oxygen atoms in total. The van der Waals surface area contributed by atoms with Crippen molar-refractivity contribution in [2.75, 3.05) is 24.5 Å². The molecule has 0 aromatic heterocycles. The number of likely N-dealkylation sites (N-methyl/N-ethyl adjacent to an activating group) is 1. The molecule has 3 heteroatoms. The Morgan fingerprint density at radius 1 is 1.47 bits per heavy atom. The summed E-state index contributed by atoms with van der Waals surface area (Å²) in [5, 5.41) is 3.55. The maximum atomic E-state index is 13.2. The second-order valence-corrected chi connectivity index (χ2v) is 5.09. The molecule has 0 saturated carbocycles. The molecule has 1 N–H and O–H groups in total.